The average molecular weight is 277 g/mol. The molecule has 0 amide bonds. The molecule has 0 bridgehead atoms. The third kappa shape index (κ3) is 3.96. The summed E-state index contributed by atoms with van der Waals surface area (Å²) in [6.45, 7) is 1.80. The fraction of sp³-hybridized carbons (Fsp3) is 0.154. The molecule has 0 saturated carbocycles. The van der Waals surface area contributed by atoms with Crippen LogP contribution in [-0.4, -0.2) is 13.4 Å². The first-order valence-corrected chi connectivity index (χ1v) is 7.37. The van der Waals surface area contributed by atoms with Crippen LogP contribution < -0.4 is 10.5 Å². The second kappa shape index (κ2) is 5.27. The van der Waals surface area contributed by atoms with Gasteiger partial charge < -0.3 is 5.73 Å². The summed E-state index contributed by atoms with van der Waals surface area (Å²) in [6.07, 6.45) is 1.57. The summed E-state index contributed by atoms with van der Waals surface area (Å²) < 4.78 is 26.5. The predicted octanol–water partition coefficient (Wildman–Crippen LogP) is 1.91. The molecule has 0 aliphatic carbocycles. The normalized spacial score (nSPS) is 11.2. The Morgan fingerprint density at radius 1 is 1.21 bits per heavy atom. The van der Waals surface area contributed by atoms with Crippen LogP contribution in [0.3, 0.4) is 0 Å². The summed E-state index contributed by atoms with van der Waals surface area (Å²) in [6, 6.07) is 10.1. The molecule has 0 aliphatic heterocycles. The van der Waals surface area contributed by atoms with Crippen LogP contribution in [-0.2, 0) is 15.8 Å². The van der Waals surface area contributed by atoms with Crippen molar-refractivity contribution in [2.45, 2.75) is 12.7 Å². The zero-order valence-electron chi connectivity index (χ0n) is 10.5. The summed E-state index contributed by atoms with van der Waals surface area (Å²) in [5.41, 5.74) is 8.13. The molecule has 3 N–H and O–H groups in total. The molecular weight excluding hydrogens is 262 g/mol. The summed E-state index contributed by atoms with van der Waals surface area (Å²) >= 11 is 0. The number of aromatic nitrogens is 1. The maximum Gasteiger partial charge on any atom is 0.236 e. The number of nitrogens with one attached hydrogen (secondary N) is 1. The van der Waals surface area contributed by atoms with E-state index in [1.54, 1.807) is 49.5 Å². The molecule has 1 heterocycles. The summed E-state index contributed by atoms with van der Waals surface area (Å²) in [5.74, 6) is -0.0886. The first-order valence-electron chi connectivity index (χ1n) is 5.72. The van der Waals surface area contributed by atoms with Crippen LogP contribution in [0, 0.1) is 6.92 Å². The molecule has 0 saturated heterocycles. The van der Waals surface area contributed by atoms with E-state index in [0.717, 1.165) is 5.69 Å². The Balaban J connectivity index is 2.13. The van der Waals surface area contributed by atoms with Crippen molar-refractivity contribution in [3.05, 3.63) is 53.9 Å². The van der Waals surface area contributed by atoms with Crippen LogP contribution in [0.5, 0.6) is 0 Å². The van der Waals surface area contributed by atoms with Crippen molar-refractivity contribution in [3.63, 3.8) is 0 Å². The molecule has 0 atom stereocenters. The van der Waals surface area contributed by atoms with Crippen molar-refractivity contribution in [1.82, 2.24) is 4.98 Å². The lowest BCUT2D eigenvalue weighted by Gasteiger charge is -2.08. The zero-order chi connectivity index (χ0) is 13.9. The van der Waals surface area contributed by atoms with Crippen LogP contribution in [0.15, 0.2) is 42.6 Å². The average Bonchev–Trinajstić information content (AvgIpc) is 2.31. The second-order valence-electron chi connectivity index (χ2n) is 4.29. The molecule has 6 heteroatoms. The van der Waals surface area contributed by atoms with E-state index in [0.29, 0.717) is 16.9 Å². The van der Waals surface area contributed by atoms with Crippen molar-refractivity contribution in [2.24, 2.45) is 0 Å². The van der Waals surface area contributed by atoms with Gasteiger partial charge in [-0.2, -0.15) is 0 Å². The van der Waals surface area contributed by atoms with Crippen molar-refractivity contribution in [3.8, 4) is 0 Å². The fourth-order valence-electron chi connectivity index (χ4n) is 1.66. The number of aryl methyl sites for hydroxylation is 1. The topological polar surface area (TPSA) is 85.1 Å². The minimum Gasteiger partial charge on any atom is -0.399 e. The van der Waals surface area contributed by atoms with Gasteiger partial charge in [0.05, 0.1) is 11.4 Å². The number of nitrogens with zero attached hydrogens (tertiary/aromatic N) is 1. The first kappa shape index (κ1) is 13.4. The Hall–Kier alpha value is -2.08. The number of rotatable bonds is 4. The number of nitrogens with two attached hydrogens (primary N) is 1. The predicted molar refractivity (Wildman–Crippen MR) is 76.1 cm³/mol. The number of sulfonamides is 1. The van der Waals surface area contributed by atoms with Crippen molar-refractivity contribution < 1.29 is 8.42 Å². The van der Waals surface area contributed by atoms with E-state index in [1.165, 1.54) is 0 Å². The molecule has 2 rings (SSSR count). The molecule has 100 valence electrons. The van der Waals surface area contributed by atoms with E-state index in [4.69, 9.17) is 5.73 Å². The number of hydrogen-bond donors (Lipinski definition) is 2. The van der Waals surface area contributed by atoms with Gasteiger partial charge in [0.15, 0.2) is 0 Å². The Kier molecular flexibility index (Phi) is 3.71. The van der Waals surface area contributed by atoms with Crippen molar-refractivity contribution in [1.29, 1.82) is 0 Å². The van der Waals surface area contributed by atoms with Gasteiger partial charge in [-0.25, -0.2) is 8.42 Å². The first-order chi connectivity index (χ1) is 8.94. The molecule has 0 radical (unpaired) electrons. The SMILES string of the molecule is Cc1cc(NS(=O)(=O)Cc2ccc(N)cc2)ccn1. The Labute approximate surface area is 112 Å². The highest BCUT2D eigenvalue weighted by molar-refractivity contribution is 7.91. The molecule has 1 aromatic heterocycles. The number of anilines is 2. The molecule has 1 aromatic carbocycles. The maximum absolute atomic E-state index is 12.0. The minimum atomic E-state index is -3.44. The smallest absolute Gasteiger partial charge is 0.236 e. The molecule has 0 aliphatic rings. The number of pyridine rings is 1. The highest BCUT2D eigenvalue weighted by Gasteiger charge is 2.11. The molecule has 5 nitrogen and oxygen atoms in total. The molecule has 0 unspecified atom stereocenters. The van der Waals surface area contributed by atoms with Gasteiger partial charge in [0.2, 0.25) is 10.0 Å². The van der Waals surface area contributed by atoms with E-state index in [1.807, 2.05) is 0 Å². The quantitative estimate of drug-likeness (QED) is 0.836. The Morgan fingerprint density at radius 3 is 2.53 bits per heavy atom. The van der Waals surface area contributed by atoms with E-state index >= 15 is 0 Å². The molecule has 2 aromatic rings. The third-order valence-electron chi connectivity index (χ3n) is 2.51. The maximum atomic E-state index is 12.0. The molecule has 19 heavy (non-hydrogen) atoms. The van der Waals surface area contributed by atoms with Gasteiger partial charge in [-0.15, -0.1) is 0 Å². The minimum absolute atomic E-state index is 0.0886. The lowest BCUT2D eigenvalue weighted by atomic mass is 10.2. The number of hydrogen-bond acceptors (Lipinski definition) is 4. The summed E-state index contributed by atoms with van der Waals surface area (Å²) in [7, 11) is -3.44. The molecule has 0 fully saturated rings. The van der Waals surface area contributed by atoms with Crippen LogP contribution >= 0.6 is 0 Å². The van der Waals surface area contributed by atoms with Crippen LogP contribution in [0.4, 0.5) is 11.4 Å². The largest absolute Gasteiger partial charge is 0.399 e. The van der Waals surface area contributed by atoms with Crippen LogP contribution in [0.2, 0.25) is 0 Å². The highest BCUT2D eigenvalue weighted by Crippen LogP contribution is 2.14. The van der Waals surface area contributed by atoms with Gasteiger partial charge in [-0.3, -0.25) is 9.71 Å². The van der Waals surface area contributed by atoms with Gasteiger partial charge in [0, 0.05) is 17.6 Å². The van der Waals surface area contributed by atoms with Gasteiger partial charge in [-0.05, 0) is 36.8 Å². The number of nitrogen functional groups attached to an aromatic ring is 1. The van der Waals surface area contributed by atoms with E-state index in [2.05, 4.69) is 9.71 Å². The number of benzene rings is 1. The Bertz CT molecular complexity index is 667. The lowest BCUT2D eigenvalue weighted by molar-refractivity contribution is 0.600. The van der Waals surface area contributed by atoms with Crippen molar-refractivity contribution in [2.75, 3.05) is 10.5 Å². The van der Waals surface area contributed by atoms with E-state index in [-0.39, 0.29) is 5.75 Å². The zero-order valence-corrected chi connectivity index (χ0v) is 11.3. The standard InChI is InChI=1S/C13H15N3O2S/c1-10-8-13(6-7-15-10)16-19(17,18)9-11-2-4-12(14)5-3-11/h2-8H,9,14H2,1H3,(H,15,16). The van der Waals surface area contributed by atoms with Gasteiger partial charge in [-0.1, -0.05) is 12.1 Å². The van der Waals surface area contributed by atoms with Crippen molar-refractivity contribution >= 4 is 21.4 Å². The van der Waals surface area contributed by atoms with Gasteiger partial charge >= 0.3 is 0 Å². The molecule has 0 spiro atoms. The van der Waals surface area contributed by atoms with Gasteiger partial charge in [0.1, 0.15) is 0 Å². The third-order valence-corrected chi connectivity index (χ3v) is 3.77. The van der Waals surface area contributed by atoms with E-state index in [9.17, 15) is 8.42 Å². The second-order valence-corrected chi connectivity index (χ2v) is 6.01. The van der Waals surface area contributed by atoms with Gasteiger partial charge in [0.25, 0.3) is 0 Å². The molecular formula is C13H15N3O2S. The summed E-state index contributed by atoms with van der Waals surface area (Å²) in [4.78, 5) is 4.01. The van der Waals surface area contributed by atoms with Crippen LogP contribution in [0.1, 0.15) is 11.3 Å². The Morgan fingerprint density at radius 2 is 1.89 bits per heavy atom. The fourth-order valence-corrected chi connectivity index (χ4v) is 2.85. The van der Waals surface area contributed by atoms with Crippen LogP contribution in [0.25, 0.3) is 0 Å². The monoisotopic (exact) mass is 277 g/mol. The lowest BCUT2D eigenvalue weighted by Crippen LogP contribution is -2.15. The summed E-state index contributed by atoms with van der Waals surface area (Å²) in [5, 5.41) is 0. The van der Waals surface area contributed by atoms with E-state index < -0.39 is 10.0 Å². The highest BCUT2D eigenvalue weighted by atomic mass is 32.2.